The van der Waals surface area contributed by atoms with E-state index in [0.717, 1.165) is 0 Å². The smallest absolute Gasteiger partial charge is 0.0754 e. The lowest BCUT2D eigenvalue weighted by Gasteiger charge is -2.32. The fourth-order valence-electron chi connectivity index (χ4n) is 1.43. The molecule has 0 amide bonds. The predicted octanol–water partition coefficient (Wildman–Crippen LogP) is 0.964. The molecule has 0 aromatic carbocycles. The molecule has 2 nitrogen and oxygen atoms in total. The minimum absolute atomic E-state index is 0.00181. The van der Waals surface area contributed by atoms with Gasteiger partial charge in [0.2, 0.25) is 0 Å². The van der Waals surface area contributed by atoms with E-state index in [1.807, 2.05) is 0 Å². The average Bonchev–Trinajstić information content (AvgIpc) is 1.96. The van der Waals surface area contributed by atoms with Crippen LogP contribution in [0, 0.1) is 5.92 Å². The summed E-state index contributed by atoms with van der Waals surface area (Å²) in [6, 6.07) is 0. The van der Waals surface area contributed by atoms with Crippen molar-refractivity contribution in [3.05, 3.63) is 0 Å². The van der Waals surface area contributed by atoms with Crippen molar-refractivity contribution in [1.82, 2.24) is 0 Å². The van der Waals surface area contributed by atoms with Crippen LogP contribution in [-0.2, 0) is 0 Å². The van der Waals surface area contributed by atoms with Crippen LogP contribution >= 0.6 is 23.2 Å². The van der Waals surface area contributed by atoms with Crippen LogP contribution in [-0.4, -0.2) is 33.7 Å². The third-order valence-electron chi connectivity index (χ3n) is 2.13. The first-order chi connectivity index (χ1) is 5.15. The van der Waals surface area contributed by atoms with Gasteiger partial charge in [-0.25, -0.2) is 0 Å². The Labute approximate surface area is 76.1 Å². The molecule has 2 N–H and O–H groups in total. The number of rotatable bonds is 1. The summed E-state index contributed by atoms with van der Waals surface area (Å²) in [6.07, 6.45) is 0.681. The van der Waals surface area contributed by atoms with E-state index in [-0.39, 0.29) is 23.3 Å². The zero-order valence-corrected chi connectivity index (χ0v) is 7.59. The Hall–Kier alpha value is 0.500. The number of hydrogen-bond donors (Lipinski definition) is 2. The highest BCUT2D eigenvalue weighted by Gasteiger charge is 2.34. The third-order valence-corrected chi connectivity index (χ3v) is 2.92. The molecule has 1 aliphatic carbocycles. The Morgan fingerprint density at radius 3 is 2.45 bits per heavy atom. The Kier molecular flexibility index (Phi) is 3.44. The molecule has 1 saturated carbocycles. The third kappa shape index (κ3) is 2.22. The number of aliphatic hydroxyl groups excluding tert-OH is 2. The molecule has 0 bridgehead atoms. The highest BCUT2D eigenvalue weighted by Crippen LogP contribution is 2.31. The Morgan fingerprint density at radius 2 is 1.91 bits per heavy atom. The van der Waals surface area contributed by atoms with Crippen molar-refractivity contribution in [2.24, 2.45) is 5.92 Å². The van der Waals surface area contributed by atoms with Crippen LogP contribution in [0.5, 0.6) is 0 Å². The summed E-state index contributed by atoms with van der Waals surface area (Å²) in [5.74, 6) is -0.145. The largest absolute Gasteiger partial charge is 0.396 e. The van der Waals surface area contributed by atoms with Gasteiger partial charge in [-0.05, 0) is 12.8 Å². The quantitative estimate of drug-likeness (QED) is 0.617. The number of aliphatic hydroxyl groups is 2. The fourth-order valence-corrected chi connectivity index (χ4v) is 2.36. The molecule has 0 saturated heterocycles. The molecule has 0 heterocycles. The molecule has 11 heavy (non-hydrogen) atoms. The molecule has 4 atom stereocenters. The predicted molar refractivity (Wildman–Crippen MR) is 45.1 cm³/mol. The standard InChI is InChI=1S/C7H12Cl2O2/c8-5-1-4(3-10)7(11)6(9)2-5/h4-7,10-11H,1-3H2/t4-,5-,6-,7-/m0/s1. The van der Waals surface area contributed by atoms with E-state index in [0.29, 0.717) is 12.8 Å². The maximum absolute atomic E-state index is 9.40. The maximum Gasteiger partial charge on any atom is 0.0754 e. The van der Waals surface area contributed by atoms with Gasteiger partial charge in [0, 0.05) is 17.9 Å². The molecule has 0 aromatic rings. The van der Waals surface area contributed by atoms with E-state index in [1.165, 1.54) is 0 Å². The van der Waals surface area contributed by atoms with Crippen LogP contribution in [0.4, 0.5) is 0 Å². The summed E-state index contributed by atoms with van der Waals surface area (Å²) in [5, 5.41) is 17.9. The number of halogens is 2. The molecular formula is C7H12Cl2O2. The Morgan fingerprint density at radius 1 is 1.27 bits per heavy atom. The monoisotopic (exact) mass is 198 g/mol. The lowest BCUT2D eigenvalue weighted by atomic mass is 9.86. The normalized spacial score (nSPS) is 45.8. The maximum atomic E-state index is 9.40. The first-order valence-electron chi connectivity index (χ1n) is 3.72. The van der Waals surface area contributed by atoms with Gasteiger partial charge in [-0.15, -0.1) is 23.2 Å². The van der Waals surface area contributed by atoms with Crippen molar-refractivity contribution >= 4 is 23.2 Å². The van der Waals surface area contributed by atoms with Crippen molar-refractivity contribution in [3.8, 4) is 0 Å². The van der Waals surface area contributed by atoms with E-state index in [9.17, 15) is 5.11 Å². The summed E-state index contributed by atoms with van der Waals surface area (Å²) in [5.41, 5.74) is 0. The first-order valence-corrected chi connectivity index (χ1v) is 4.59. The van der Waals surface area contributed by atoms with Crippen molar-refractivity contribution in [2.75, 3.05) is 6.61 Å². The zero-order valence-electron chi connectivity index (χ0n) is 6.08. The molecule has 1 aliphatic rings. The fraction of sp³-hybridized carbons (Fsp3) is 1.00. The molecule has 0 radical (unpaired) electrons. The van der Waals surface area contributed by atoms with Gasteiger partial charge in [-0.3, -0.25) is 0 Å². The lowest BCUT2D eigenvalue weighted by Crippen LogP contribution is -2.40. The van der Waals surface area contributed by atoms with Gasteiger partial charge in [0.1, 0.15) is 0 Å². The summed E-state index contributed by atoms with van der Waals surface area (Å²) < 4.78 is 0. The van der Waals surface area contributed by atoms with E-state index < -0.39 is 6.10 Å². The number of hydrogen-bond acceptors (Lipinski definition) is 2. The second kappa shape index (κ2) is 3.94. The Balaban J connectivity index is 2.51. The molecule has 1 rings (SSSR count). The first kappa shape index (κ1) is 9.59. The van der Waals surface area contributed by atoms with Crippen molar-refractivity contribution < 1.29 is 10.2 Å². The van der Waals surface area contributed by atoms with Crippen LogP contribution in [0.3, 0.4) is 0 Å². The van der Waals surface area contributed by atoms with E-state index >= 15 is 0 Å². The SMILES string of the molecule is OC[C@@H]1C[C@H](Cl)C[C@H](Cl)[C@H]1O. The topological polar surface area (TPSA) is 40.5 Å². The molecular weight excluding hydrogens is 187 g/mol. The summed E-state index contributed by atoms with van der Waals surface area (Å²) >= 11 is 11.6. The summed E-state index contributed by atoms with van der Waals surface area (Å²) in [4.78, 5) is 0. The molecule has 4 heteroatoms. The number of alkyl halides is 2. The van der Waals surface area contributed by atoms with Gasteiger partial charge in [-0.2, -0.15) is 0 Å². The van der Waals surface area contributed by atoms with Crippen molar-refractivity contribution in [2.45, 2.75) is 29.7 Å². The highest BCUT2D eigenvalue weighted by atomic mass is 35.5. The van der Waals surface area contributed by atoms with E-state index in [4.69, 9.17) is 28.3 Å². The van der Waals surface area contributed by atoms with E-state index in [1.54, 1.807) is 0 Å². The van der Waals surface area contributed by atoms with Crippen LogP contribution < -0.4 is 0 Å². The van der Waals surface area contributed by atoms with Gasteiger partial charge in [0.25, 0.3) is 0 Å². The lowest BCUT2D eigenvalue weighted by molar-refractivity contribution is 0.0404. The van der Waals surface area contributed by atoms with Crippen LogP contribution in [0.25, 0.3) is 0 Å². The molecule has 0 spiro atoms. The molecule has 0 aliphatic heterocycles. The minimum atomic E-state index is -0.600. The van der Waals surface area contributed by atoms with Gasteiger partial charge < -0.3 is 10.2 Å². The van der Waals surface area contributed by atoms with Crippen LogP contribution in [0.2, 0.25) is 0 Å². The zero-order chi connectivity index (χ0) is 8.43. The average molecular weight is 199 g/mol. The van der Waals surface area contributed by atoms with Gasteiger partial charge in [-0.1, -0.05) is 0 Å². The summed E-state index contributed by atoms with van der Waals surface area (Å²) in [7, 11) is 0. The second-order valence-electron chi connectivity index (χ2n) is 3.02. The molecule has 66 valence electrons. The van der Waals surface area contributed by atoms with E-state index in [2.05, 4.69) is 0 Å². The molecule has 0 unspecified atom stereocenters. The summed E-state index contributed by atoms with van der Waals surface area (Å²) in [6.45, 7) is -0.0341. The minimum Gasteiger partial charge on any atom is -0.396 e. The van der Waals surface area contributed by atoms with Crippen LogP contribution in [0.1, 0.15) is 12.8 Å². The Bertz CT molecular complexity index is 132. The van der Waals surface area contributed by atoms with Gasteiger partial charge >= 0.3 is 0 Å². The van der Waals surface area contributed by atoms with Gasteiger partial charge in [0.05, 0.1) is 11.5 Å². The van der Waals surface area contributed by atoms with Gasteiger partial charge in [0.15, 0.2) is 0 Å². The second-order valence-corrected chi connectivity index (χ2v) is 4.20. The molecule has 1 fully saturated rings. The van der Waals surface area contributed by atoms with Crippen LogP contribution in [0.15, 0.2) is 0 Å². The van der Waals surface area contributed by atoms with Crippen molar-refractivity contribution in [1.29, 1.82) is 0 Å². The molecule has 0 aromatic heterocycles. The van der Waals surface area contributed by atoms with Crippen molar-refractivity contribution in [3.63, 3.8) is 0 Å². The highest BCUT2D eigenvalue weighted by molar-refractivity contribution is 6.24.